The quantitative estimate of drug-likeness (QED) is 0.846. The summed E-state index contributed by atoms with van der Waals surface area (Å²) in [4.78, 5) is 3.78. The number of para-hydroxylation sites is 1. The average molecular weight is 293 g/mol. The molecule has 0 spiro atoms. The Bertz CT molecular complexity index is 525. The molecule has 0 radical (unpaired) electrons. The fraction of sp³-hybridized carbons (Fsp3) is 0.182. The predicted molar refractivity (Wildman–Crippen MR) is 64.3 cm³/mol. The Morgan fingerprint density at radius 2 is 1.94 bits per heavy atom. The Balaban J connectivity index is 2.14. The second-order valence-corrected chi connectivity index (χ2v) is 4.18. The van der Waals surface area contributed by atoms with E-state index in [-0.39, 0.29) is 18.2 Å². The van der Waals surface area contributed by atoms with Gasteiger partial charge in [0.05, 0.1) is 10.0 Å². The minimum absolute atomic E-state index is 0.0981. The number of nitrogens with zero attached hydrogens (tertiary/aromatic N) is 2. The molecule has 0 fully saturated rings. The summed E-state index contributed by atoms with van der Waals surface area (Å²) < 4.78 is 31.2. The molecule has 0 aliphatic heterocycles. The van der Waals surface area contributed by atoms with Crippen LogP contribution < -0.4 is 4.74 Å². The number of rotatable bonds is 4. The molecule has 0 saturated heterocycles. The predicted octanol–water partition coefficient (Wildman–Crippen LogP) is 4.16. The molecule has 0 amide bonds. The van der Waals surface area contributed by atoms with Crippen molar-refractivity contribution in [3.05, 3.63) is 46.5 Å². The molecule has 2 aromatic rings. The van der Waals surface area contributed by atoms with Crippen LogP contribution in [-0.2, 0) is 6.61 Å². The smallest absolute Gasteiger partial charge is 0.320 e. The van der Waals surface area contributed by atoms with E-state index in [1.165, 1.54) is 12.4 Å². The van der Waals surface area contributed by atoms with E-state index < -0.39 is 6.55 Å². The van der Waals surface area contributed by atoms with Crippen molar-refractivity contribution < 1.29 is 13.5 Å². The second-order valence-electron chi connectivity index (χ2n) is 3.37. The van der Waals surface area contributed by atoms with Crippen LogP contribution >= 0.6 is 23.2 Å². The SMILES string of the molecule is FC(F)n1ccnc1COc1c(Cl)cccc1Cl. The van der Waals surface area contributed by atoms with Gasteiger partial charge in [0.15, 0.2) is 11.6 Å². The van der Waals surface area contributed by atoms with Gasteiger partial charge in [0.2, 0.25) is 0 Å². The van der Waals surface area contributed by atoms with Crippen LogP contribution in [0.3, 0.4) is 0 Å². The normalized spacial score (nSPS) is 10.9. The minimum Gasteiger partial charge on any atom is -0.483 e. The molecule has 0 aliphatic carbocycles. The van der Waals surface area contributed by atoms with E-state index in [1.54, 1.807) is 18.2 Å². The maximum absolute atomic E-state index is 12.6. The first-order valence-electron chi connectivity index (χ1n) is 4.96. The second kappa shape index (κ2) is 5.54. The van der Waals surface area contributed by atoms with Crippen LogP contribution in [-0.4, -0.2) is 9.55 Å². The Labute approximate surface area is 112 Å². The van der Waals surface area contributed by atoms with E-state index in [0.717, 1.165) is 0 Å². The van der Waals surface area contributed by atoms with Crippen LogP contribution in [0.1, 0.15) is 12.4 Å². The summed E-state index contributed by atoms with van der Waals surface area (Å²) in [6.45, 7) is -2.80. The maximum Gasteiger partial charge on any atom is 0.320 e. The number of ether oxygens (including phenoxy) is 1. The zero-order valence-electron chi connectivity index (χ0n) is 8.99. The highest BCUT2D eigenvalue weighted by Gasteiger charge is 2.13. The molecular formula is C11H8Cl2F2N2O. The van der Waals surface area contributed by atoms with Crippen molar-refractivity contribution in [2.45, 2.75) is 13.2 Å². The molecule has 96 valence electrons. The first-order chi connectivity index (χ1) is 8.59. The van der Waals surface area contributed by atoms with Gasteiger partial charge in [0.1, 0.15) is 6.61 Å². The highest BCUT2D eigenvalue weighted by Crippen LogP contribution is 2.32. The average Bonchev–Trinajstić information content (AvgIpc) is 2.76. The Morgan fingerprint density at radius 1 is 1.28 bits per heavy atom. The van der Waals surface area contributed by atoms with E-state index >= 15 is 0 Å². The van der Waals surface area contributed by atoms with E-state index in [0.29, 0.717) is 14.6 Å². The fourth-order valence-electron chi connectivity index (χ4n) is 1.39. The van der Waals surface area contributed by atoms with Crippen LogP contribution in [0, 0.1) is 0 Å². The van der Waals surface area contributed by atoms with Gasteiger partial charge in [-0.25, -0.2) is 4.98 Å². The molecule has 18 heavy (non-hydrogen) atoms. The standard InChI is InChI=1S/C11H8Cl2F2N2O/c12-7-2-1-3-8(13)10(7)18-6-9-16-4-5-17(9)11(14)15/h1-5,11H,6H2. The van der Waals surface area contributed by atoms with E-state index in [9.17, 15) is 8.78 Å². The number of imidazole rings is 1. The van der Waals surface area contributed by atoms with Crippen LogP contribution in [0.4, 0.5) is 8.78 Å². The highest BCUT2D eigenvalue weighted by atomic mass is 35.5. The molecular weight excluding hydrogens is 285 g/mol. The van der Waals surface area contributed by atoms with Gasteiger partial charge < -0.3 is 4.74 Å². The maximum atomic E-state index is 12.6. The number of hydrogen-bond donors (Lipinski definition) is 0. The van der Waals surface area contributed by atoms with Crippen LogP contribution in [0.2, 0.25) is 10.0 Å². The third-order valence-corrected chi connectivity index (χ3v) is 2.82. The van der Waals surface area contributed by atoms with E-state index in [4.69, 9.17) is 27.9 Å². The zero-order valence-corrected chi connectivity index (χ0v) is 10.5. The molecule has 0 atom stereocenters. The van der Waals surface area contributed by atoms with Gasteiger partial charge >= 0.3 is 6.55 Å². The summed E-state index contributed by atoms with van der Waals surface area (Å²) in [5.41, 5.74) is 0. The van der Waals surface area contributed by atoms with E-state index in [1.807, 2.05) is 0 Å². The molecule has 0 bridgehead atoms. The lowest BCUT2D eigenvalue weighted by molar-refractivity contribution is 0.0632. The number of hydrogen-bond acceptors (Lipinski definition) is 2. The first-order valence-corrected chi connectivity index (χ1v) is 5.72. The molecule has 3 nitrogen and oxygen atoms in total. The van der Waals surface area contributed by atoms with Crippen molar-refractivity contribution in [1.82, 2.24) is 9.55 Å². The molecule has 1 aromatic heterocycles. The third kappa shape index (κ3) is 2.73. The summed E-state index contributed by atoms with van der Waals surface area (Å²) in [5, 5.41) is 0.635. The Kier molecular flexibility index (Phi) is 4.04. The minimum atomic E-state index is -2.66. The van der Waals surface area contributed by atoms with Crippen LogP contribution in [0.15, 0.2) is 30.6 Å². The summed E-state index contributed by atoms with van der Waals surface area (Å²) in [5.74, 6) is 0.352. The molecule has 0 aliphatic rings. The Hall–Kier alpha value is -1.33. The molecule has 0 unspecified atom stereocenters. The number of halogens is 4. The van der Waals surface area contributed by atoms with Gasteiger partial charge in [0.25, 0.3) is 0 Å². The van der Waals surface area contributed by atoms with Crippen molar-refractivity contribution in [2.24, 2.45) is 0 Å². The van der Waals surface area contributed by atoms with Crippen LogP contribution in [0.5, 0.6) is 5.75 Å². The van der Waals surface area contributed by atoms with Crippen molar-refractivity contribution in [2.75, 3.05) is 0 Å². The lowest BCUT2D eigenvalue weighted by Crippen LogP contribution is -2.07. The summed E-state index contributed by atoms with van der Waals surface area (Å²) >= 11 is 11.8. The number of alkyl halides is 2. The summed E-state index contributed by atoms with van der Waals surface area (Å²) in [7, 11) is 0. The van der Waals surface area contributed by atoms with Crippen molar-refractivity contribution in [1.29, 1.82) is 0 Å². The fourth-order valence-corrected chi connectivity index (χ4v) is 1.90. The van der Waals surface area contributed by atoms with Crippen molar-refractivity contribution >= 4 is 23.2 Å². The topological polar surface area (TPSA) is 27.1 Å². The molecule has 2 rings (SSSR count). The molecule has 1 heterocycles. The number of aromatic nitrogens is 2. The van der Waals surface area contributed by atoms with Gasteiger partial charge in [-0.05, 0) is 12.1 Å². The van der Waals surface area contributed by atoms with Gasteiger partial charge in [-0.2, -0.15) is 8.78 Å². The van der Waals surface area contributed by atoms with Gasteiger partial charge in [-0.15, -0.1) is 0 Å². The van der Waals surface area contributed by atoms with Crippen molar-refractivity contribution in [3.8, 4) is 5.75 Å². The zero-order chi connectivity index (χ0) is 13.1. The van der Waals surface area contributed by atoms with Crippen LogP contribution in [0.25, 0.3) is 0 Å². The largest absolute Gasteiger partial charge is 0.483 e. The molecule has 1 aromatic carbocycles. The van der Waals surface area contributed by atoms with Crippen molar-refractivity contribution in [3.63, 3.8) is 0 Å². The van der Waals surface area contributed by atoms with E-state index in [2.05, 4.69) is 4.98 Å². The lowest BCUT2D eigenvalue weighted by atomic mass is 10.3. The summed E-state index contributed by atoms with van der Waals surface area (Å²) in [6, 6.07) is 4.86. The first kappa shape index (κ1) is 13.1. The summed E-state index contributed by atoms with van der Waals surface area (Å²) in [6.07, 6.45) is 2.45. The lowest BCUT2D eigenvalue weighted by Gasteiger charge is -2.10. The highest BCUT2D eigenvalue weighted by molar-refractivity contribution is 6.37. The molecule has 0 N–H and O–H groups in total. The third-order valence-electron chi connectivity index (χ3n) is 2.22. The van der Waals surface area contributed by atoms with Gasteiger partial charge in [-0.1, -0.05) is 29.3 Å². The monoisotopic (exact) mass is 292 g/mol. The van der Waals surface area contributed by atoms with Gasteiger partial charge in [-0.3, -0.25) is 4.57 Å². The Morgan fingerprint density at radius 3 is 2.56 bits per heavy atom. The van der Waals surface area contributed by atoms with Gasteiger partial charge in [0, 0.05) is 12.4 Å². The molecule has 7 heteroatoms. The number of benzene rings is 1. The molecule has 0 saturated carbocycles.